The Morgan fingerprint density at radius 3 is 3.27 bits per heavy atom. The van der Waals surface area contributed by atoms with Crippen molar-refractivity contribution in [3.05, 3.63) is 22.8 Å². The first kappa shape index (κ1) is 6.21. The van der Waals surface area contributed by atoms with Crippen LogP contribution in [0, 0.1) is 0 Å². The number of aromatic nitrogens is 2. The monoisotopic (exact) mass is 146 g/mol. The summed E-state index contributed by atoms with van der Waals surface area (Å²) in [5.74, 6) is -0.516. The van der Waals surface area contributed by atoms with Crippen molar-refractivity contribution in [2.24, 2.45) is 0 Å². The van der Waals surface area contributed by atoms with Gasteiger partial charge in [0.1, 0.15) is 13.4 Å². The maximum atomic E-state index is 10.6. The molecule has 0 bridgehead atoms. The lowest BCUT2D eigenvalue weighted by Crippen LogP contribution is -2.01. The third kappa shape index (κ3) is 0.940. The molecule has 5 heteroatoms. The Bertz CT molecular complexity index is 445. The molecule has 0 aliphatic heterocycles. The molecule has 2 aromatic rings. The van der Waals surface area contributed by atoms with Crippen molar-refractivity contribution < 1.29 is 4.42 Å². The normalized spacial score (nSPS) is 10.5. The predicted molar refractivity (Wildman–Crippen MR) is 40.0 cm³/mol. The second-order valence-electron chi connectivity index (χ2n) is 2.14. The number of nitrogens with one attached hydrogen (secondary N) is 1. The van der Waals surface area contributed by atoms with Gasteiger partial charge in [-0.05, 0) is 6.07 Å². The number of hydrogen-bond acceptors (Lipinski definition) is 3. The van der Waals surface area contributed by atoms with Crippen molar-refractivity contribution in [1.82, 2.24) is 9.97 Å². The Kier molecular flexibility index (Phi) is 1.12. The number of aromatic amines is 1. The SMILES string of the molecule is [B]c1cnc2oc(=O)[nH]c2c1. The largest absolute Gasteiger partial charge is 0.418 e. The lowest BCUT2D eigenvalue weighted by Gasteiger charge is -1.87. The minimum atomic E-state index is -0.516. The van der Waals surface area contributed by atoms with E-state index in [-0.39, 0.29) is 5.71 Å². The molecule has 0 aliphatic rings. The molecule has 2 heterocycles. The molecule has 2 rings (SSSR count). The number of oxazole rings is 1. The van der Waals surface area contributed by atoms with Gasteiger partial charge in [0.2, 0.25) is 5.71 Å². The van der Waals surface area contributed by atoms with Gasteiger partial charge in [-0.1, -0.05) is 5.46 Å². The van der Waals surface area contributed by atoms with E-state index in [0.29, 0.717) is 11.0 Å². The molecular formula is C6H3BN2O2. The Hall–Kier alpha value is -1.52. The molecule has 0 aromatic carbocycles. The molecule has 0 aliphatic carbocycles. The third-order valence-electron chi connectivity index (χ3n) is 1.30. The molecule has 0 spiro atoms. The van der Waals surface area contributed by atoms with Crippen molar-refractivity contribution >= 4 is 24.5 Å². The molecule has 0 unspecified atom stereocenters. The van der Waals surface area contributed by atoms with Crippen LogP contribution in [0.15, 0.2) is 21.5 Å². The van der Waals surface area contributed by atoms with Crippen LogP contribution in [-0.2, 0) is 0 Å². The second-order valence-corrected chi connectivity index (χ2v) is 2.14. The topological polar surface area (TPSA) is 58.9 Å². The zero-order valence-electron chi connectivity index (χ0n) is 5.50. The minimum Gasteiger partial charge on any atom is -0.389 e. The van der Waals surface area contributed by atoms with Crippen LogP contribution in [-0.4, -0.2) is 17.8 Å². The highest BCUT2D eigenvalue weighted by atomic mass is 16.4. The first-order valence-electron chi connectivity index (χ1n) is 3.00. The standard InChI is InChI=1S/C6H3BN2O2/c7-3-1-4-5(8-2-3)11-6(10)9-4/h1-2H,(H,9,10). The van der Waals surface area contributed by atoms with E-state index >= 15 is 0 Å². The summed E-state index contributed by atoms with van der Waals surface area (Å²) in [5.41, 5.74) is 1.30. The molecule has 0 saturated carbocycles. The van der Waals surface area contributed by atoms with Crippen molar-refractivity contribution in [3.8, 4) is 0 Å². The van der Waals surface area contributed by atoms with Crippen molar-refractivity contribution in [3.63, 3.8) is 0 Å². The van der Waals surface area contributed by atoms with Gasteiger partial charge in [-0.3, -0.25) is 4.98 Å². The van der Waals surface area contributed by atoms with Gasteiger partial charge in [0, 0.05) is 6.20 Å². The second kappa shape index (κ2) is 1.98. The van der Waals surface area contributed by atoms with Gasteiger partial charge in [-0.25, -0.2) is 9.78 Å². The Morgan fingerprint density at radius 1 is 1.64 bits per heavy atom. The van der Waals surface area contributed by atoms with E-state index in [1.165, 1.54) is 6.20 Å². The number of fused-ring (bicyclic) bond motifs is 1. The smallest absolute Gasteiger partial charge is 0.389 e. The van der Waals surface area contributed by atoms with E-state index in [1.807, 2.05) is 0 Å². The summed E-state index contributed by atoms with van der Waals surface area (Å²) in [7, 11) is 5.41. The Labute approximate surface area is 62.7 Å². The molecule has 0 amide bonds. The predicted octanol–water partition coefficient (Wildman–Crippen LogP) is -0.690. The average Bonchev–Trinajstić information content (AvgIpc) is 2.27. The highest BCUT2D eigenvalue weighted by molar-refractivity contribution is 6.32. The zero-order chi connectivity index (χ0) is 7.84. The minimum absolute atomic E-state index is 0.282. The Morgan fingerprint density at radius 2 is 2.45 bits per heavy atom. The van der Waals surface area contributed by atoms with Crippen LogP contribution in [0.4, 0.5) is 0 Å². The molecule has 2 radical (unpaired) electrons. The Balaban J connectivity index is 2.92. The van der Waals surface area contributed by atoms with Crippen LogP contribution < -0.4 is 11.2 Å². The summed E-state index contributed by atoms with van der Waals surface area (Å²) < 4.78 is 4.65. The molecule has 52 valence electrons. The van der Waals surface area contributed by atoms with Crippen LogP contribution >= 0.6 is 0 Å². The molecule has 11 heavy (non-hydrogen) atoms. The number of rotatable bonds is 0. The summed E-state index contributed by atoms with van der Waals surface area (Å²) in [6.07, 6.45) is 1.43. The quantitative estimate of drug-likeness (QED) is 0.500. The summed E-state index contributed by atoms with van der Waals surface area (Å²) >= 11 is 0. The van der Waals surface area contributed by atoms with Crippen LogP contribution in [0.5, 0.6) is 0 Å². The van der Waals surface area contributed by atoms with Gasteiger partial charge >= 0.3 is 5.76 Å². The van der Waals surface area contributed by atoms with Crippen LogP contribution in [0.2, 0.25) is 0 Å². The van der Waals surface area contributed by atoms with E-state index in [4.69, 9.17) is 7.85 Å². The van der Waals surface area contributed by atoms with Crippen LogP contribution in [0.1, 0.15) is 0 Å². The summed E-state index contributed by atoms with van der Waals surface area (Å²) in [5, 5.41) is 0. The maximum absolute atomic E-state index is 10.6. The van der Waals surface area contributed by atoms with E-state index in [0.717, 1.165) is 0 Å². The fraction of sp³-hybridized carbons (Fsp3) is 0. The highest BCUT2D eigenvalue weighted by Gasteiger charge is 1.99. The zero-order valence-corrected chi connectivity index (χ0v) is 5.50. The van der Waals surface area contributed by atoms with E-state index in [9.17, 15) is 4.79 Å². The molecule has 4 nitrogen and oxygen atoms in total. The molecule has 0 atom stereocenters. The van der Waals surface area contributed by atoms with Gasteiger partial charge in [-0.15, -0.1) is 0 Å². The van der Waals surface area contributed by atoms with Gasteiger partial charge in [-0.2, -0.15) is 0 Å². The molecular weight excluding hydrogens is 143 g/mol. The molecule has 2 aromatic heterocycles. The highest BCUT2D eigenvalue weighted by Crippen LogP contribution is 2.00. The number of H-pyrrole nitrogens is 1. The van der Waals surface area contributed by atoms with Crippen LogP contribution in [0.25, 0.3) is 11.2 Å². The first-order valence-corrected chi connectivity index (χ1v) is 3.00. The lowest BCUT2D eigenvalue weighted by molar-refractivity contribution is 0.545. The summed E-state index contributed by atoms with van der Waals surface area (Å²) in [6.45, 7) is 0. The van der Waals surface area contributed by atoms with Crippen LogP contribution in [0.3, 0.4) is 0 Å². The van der Waals surface area contributed by atoms with Gasteiger partial charge in [0.15, 0.2) is 0 Å². The molecule has 1 N–H and O–H groups in total. The fourth-order valence-corrected chi connectivity index (χ4v) is 0.863. The van der Waals surface area contributed by atoms with Gasteiger partial charge < -0.3 is 4.42 Å². The van der Waals surface area contributed by atoms with Gasteiger partial charge in [0.25, 0.3) is 0 Å². The summed E-state index contributed by atoms with van der Waals surface area (Å²) in [6, 6.07) is 1.59. The van der Waals surface area contributed by atoms with Crippen molar-refractivity contribution in [2.45, 2.75) is 0 Å². The third-order valence-corrected chi connectivity index (χ3v) is 1.30. The number of hydrogen-bond donors (Lipinski definition) is 1. The number of pyridine rings is 1. The van der Waals surface area contributed by atoms with Gasteiger partial charge in [0.05, 0.1) is 0 Å². The summed E-state index contributed by atoms with van der Waals surface area (Å²) in [4.78, 5) is 16.8. The van der Waals surface area contributed by atoms with E-state index in [2.05, 4.69) is 14.4 Å². The van der Waals surface area contributed by atoms with E-state index < -0.39 is 5.76 Å². The fourth-order valence-electron chi connectivity index (χ4n) is 0.863. The molecule has 0 fully saturated rings. The van der Waals surface area contributed by atoms with Crippen molar-refractivity contribution in [2.75, 3.05) is 0 Å². The molecule has 0 saturated heterocycles. The average molecular weight is 146 g/mol. The number of nitrogens with zero attached hydrogens (tertiary/aromatic N) is 1. The van der Waals surface area contributed by atoms with E-state index in [1.54, 1.807) is 6.07 Å². The van der Waals surface area contributed by atoms with Crippen molar-refractivity contribution in [1.29, 1.82) is 0 Å². The lowest BCUT2D eigenvalue weighted by atomic mass is 9.99. The first-order chi connectivity index (χ1) is 5.25. The maximum Gasteiger partial charge on any atom is 0.418 e.